The van der Waals surface area contributed by atoms with Crippen molar-refractivity contribution in [2.45, 2.75) is 51.4 Å². The monoisotopic (exact) mass is 497 g/mol. The smallest absolute Gasteiger partial charge is 0.323 e. The number of rotatable bonds is 8. The van der Waals surface area contributed by atoms with Crippen LogP contribution in [0.3, 0.4) is 0 Å². The van der Waals surface area contributed by atoms with Gasteiger partial charge in [0.1, 0.15) is 5.75 Å². The Balaban J connectivity index is 1.17. The molecule has 190 valence electrons. The van der Waals surface area contributed by atoms with Crippen molar-refractivity contribution in [1.29, 1.82) is 0 Å². The summed E-state index contributed by atoms with van der Waals surface area (Å²) in [7, 11) is 0. The minimum Gasteiger partial charge on any atom is -0.493 e. The number of carbonyl (C=O) groups is 1. The van der Waals surface area contributed by atoms with Crippen molar-refractivity contribution in [3.63, 3.8) is 0 Å². The summed E-state index contributed by atoms with van der Waals surface area (Å²) in [5.74, 6) is 1.50. The molecule has 0 unspecified atom stereocenters. The molecule has 1 N–H and O–H groups in total. The summed E-state index contributed by atoms with van der Waals surface area (Å²) >= 11 is 1.48. The van der Waals surface area contributed by atoms with Crippen LogP contribution in [0.2, 0.25) is 0 Å². The number of benzene rings is 1. The Bertz CT molecular complexity index is 976. The molecule has 3 heterocycles. The molecule has 1 aromatic heterocycles. The summed E-state index contributed by atoms with van der Waals surface area (Å²) < 4.78 is 5.92. The van der Waals surface area contributed by atoms with Crippen molar-refractivity contribution in [1.82, 2.24) is 19.7 Å². The highest BCUT2D eigenvalue weighted by atomic mass is 32.1. The number of aromatic nitrogens is 1. The predicted molar refractivity (Wildman–Crippen MR) is 143 cm³/mol. The second-order valence-electron chi connectivity index (χ2n) is 10.0. The van der Waals surface area contributed by atoms with Crippen molar-refractivity contribution in [2.75, 3.05) is 64.3 Å². The first-order chi connectivity index (χ1) is 17.2. The van der Waals surface area contributed by atoms with Gasteiger partial charge in [0.25, 0.3) is 0 Å². The first-order valence-corrected chi connectivity index (χ1v) is 14.3. The van der Waals surface area contributed by atoms with Gasteiger partial charge in [-0.25, -0.2) is 9.78 Å². The zero-order valence-electron chi connectivity index (χ0n) is 21.0. The highest BCUT2D eigenvalue weighted by Crippen LogP contribution is 2.39. The van der Waals surface area contributed by atoms with E-state index in [0.29, 0.717) is 17.7 Å². The molecule has 0 atom stereocenters. The number of carbonyl (C=O) groups excluding carboxylic acids is 1. The van der Waals surface area contributed by atoms with E-state index >= 15 is 0 Å². The summed E-state index contributed by atoms with van der Waals surface area (Å²) in [4.78, 5) is 24.6. The molecule has 1 saturated carbocycles. The van der Waals surface area contributed by atoms with Gasteiger partial charge in [0.15, 0.2) is 5.13 Å². The molecule has 0 bridgehead atoms. The third kappa shape index (κ3) is 6.16. The predicted octanol–water partition coefficient (Wildman–Crippen LogP) is 5.11. The maximum atomic E-state index is 12.9. The average molecular weight is 498 g/mol. The normalized spacial score (nSPS) is 20.0. The summed E-state index contributed by atoms with van der Waals surface area (Å²) in [6, 6.07) is 6.51. The van der Waals surface area contributed by atoms with E-state index in [-0.39, 0.29) is 6.03 Å². The van der Waals surface area contributed by atoms with Gasteiger partial charge in [-0.3, -0.25) is 10.2 Å². The lowest BCUT2D eigenvalue weighted by Crippen LogP contribution is -2.51. The van der Waals surface area contributed by atoms with Gasteiger partial charge >= 0.3 is 6.03 Å². The van der Waals surface area contributed by atoms with E-state index in [1.54, 1.807) is 0 Å². The molecule has 0 spiro atoms. The Morgan fingerprint density at radius 1 is 1.03 bits per heavy atom. The molecular weight excluding hydrogens is 458 g/mol. The van der Waals surface area contributed by atoms with Crippen LogP contribution < -0.4 is 10.1 Å². The fourth-order valence-electron chi connectivity index (χ4n) is 5.63. The van der Waals surface area contributed by atoms with Gasteiger partial charge in [-0.15, -0.1) is 11.3 Å². The topological polar surface area (TPSA) is 60.9 Å². The van der Waals surface area contributed by atoms with Crippen LogP contribution in [0.1, 0.15) is 56.9 Å². The van der Waals surface area contributed by atoms with Crippen molar-refractivity contribution in [2.24, 2.45) is 0 Å². The molecule has 2 saturated heterocycles. The summed E-state index contributed by atoms with van der Waals surface area (Å²) in [5, 5.41) is 5.72. The Kier molecular flexibility index (Phi) is 8.21. The minimum atomic E-state index is -0.0465. The highest BCUT2D eigenvalue weighted by molar-refractivity contribution is 7.14. The molecular formula is C27H39N5O2S. The number of nitrogens with zero attached hydrogens (tertiary/aromatic N) is 4. The lowest BCUT2D eigenvalue weighted by molar-refractivity contribution is 0.137. The molecule has 3 fully saturated rings. The SMILES string of the molecule is CCOc1ccc(C2CCCC2)cc1-c1csc(NC(=O)N2CCN(CCN3CCCC3)CC2)n1. The van der Waals surface area contributed by atoms with Crippen molar-refractivity contribution < 1.29 is 9.53 Å². The lowest BCUT2D eigenvalue weighted by atomic mass is 9.95. The summed E-state index contributed by atoms with van der Waals surface area (Å²) in [5.41, 5.74) is 3.28. The number of amides is 2. The van der Waals surface area contributed by atoms with Gasteiger partial charge in [-0.2, -0.15) is 0 Å². The molecule has 0 radical (unpaired) electrons. The molecule has 1 aromatic carbocycles. The van der Waals surface area contributed by atoms with Gasteiger partial charge in [0.05, 0.1) is 12.3 Å². The molecule has 2 aromatic rings. The second kappa shape index (κ2) is 11.7. The van der Waals surface area contributed by atoms with Gasteiger partial charge in [-0.1, -0.05) is 18.9 Å². The maximum absolute atomic E-state index is 12.9. The van der Waals surface area contributed by atoms with E-state index in [4.69, 9.17) is 9.72 Å². The second-order valence-corrected chi connectivity index (χ2v) is 10.9. The summed E-state index contributed by atoms with van der Waals surface area (Å²) in [6.07, 6.45) is 7.82. The Labute approximate surface area is 213 Å². The van der Waals surface area contributed by atoms with Crippen LogP contribution in [0.5, 0.6) is 5.75 Å². The van der Waals surface area contributed by atoms with E-state index in [1.807, 2.05) is 17.2 Å². The van der Waals surface area contributed by atoms with Crippen molar-refractivity contribution in [3.8, 4) is 17.0 Å². The van der Waals surface area contributed by atoms with Crippen LogP contribution in [0, 0.1) is 0 Å². The fraction of sp³-hybridized carbons (Fsp3) is 0.630. The Hall–Kier alpha value is -2.16. The van der Waals surface area contributed by atoms with Crippen LogP contribution >= 0.6 is 11.3 Å². The first kappa shape index (κ1) is 24.5. The third-order valence-electron chi connectivity index (χ3n) is 7.71. The van der Waals surface area contributed by atoms with Crippen LogP contribution in [0.4, 0.5) is 9.93 Å². The largest absolute Gasteiger partial charge is 0.493 e. The number of thiazole rings is 1. The number of ether oxygens (including phenoxy) is 1. The van der Waals surface area contributed by atoms with E-state index in [1.165, 1.54) is 68.5 Å². The minimum absolute atomic E-state index is 0.0465. The fourth-order valence-corrected chi connectivity index (χ4v) is 6.33. The molecule has 1 aliphatic carbocycles. The quantitative estimate of drug-likeness (QED) is 0.549. The number of piperazine rings is 1. The van der Waals surface area contributed by atoms with Crippen LogP contribution in [-0.2, 0) is 0 Å². The van der Waals surface area contributed by atoms with Crippen LogP contribution in [-0.4, -0.2) is 84.7 Å². The van der Waals surface area contributed by atoms with Gasteiger partial charge in [-0.05, 0) is 69.3 Å². The zero-order chi connectivity index (χ0) is 24.0. The maximum Gasteiger partial charge on any atom is 0.323 e. The number of nitrogens with one attached hydrogen (secondary N) is 1. The van der Waals surface area contributed by atoms with Gasteiger partial charge in [0, 0.05) is 50.2 Å². The number of hydrogen-bond donors (Lipinski definition) is 1. The first-order valence-electron chi connectivity index (χ1n) is 13.4. The average Bonchev–Trinajstić information content (AvgIpc) is 3.67. The molecule has 3 aliphatic rings. The molecule has 5 rings (SSSR count). The van der Waals surface area contributed by atoms with E-state index < -0.39 is 0 Å². The standard InChI is InChI=1S/C27H39N5O2S/c1-2-34-25-10-9-22(21-7-3-4-8-21)19-23(25)24-20-35-26(28-24)29-27(33)32-17-15-31(16-18-32)14-13-30-11-5-6-12-30/h9-10,19-21H,2-8,11-18H2,1H3,(H,28,29,33). The van der Waals surface area contributed by atoms with E-state index in [9.17, 15) is 4.79 Å². The lowest BCUT2D eigenvalue weighted by Gasteiger charge is -2.35. The van der Waals surface area contributed by atoms with Crippen LogP contribution in [0.15, 0.2) is 23.6 Å². The Morgan fingerprint density at radius 3 is 2.46 bits per heavy atom. The van der Waals surface area contributed by atoms with Crippen molar-refractivity contribution >= 4 is 22.5 Å². The van der Waals surface area contributed by atoms with Gasteiger partial charge < -0.3 is 14.5 Å². The van der Waals surface area contributed by atoms with E-state index in [2.05, 4.69) is 33.3 Å². The van der Waals surface area contributed by atoms with Gasteiger partial charge in [0.2, 0.25) is 0 Å². The van der Waals surface area contributed by atoms with E-state index in [0.717, 1.165) is 56.3 Å². The third-order valence-corrected chi connectivity index (χ3v) is 8.47. The molecule has 2 amide bonds. The number of anilines is 1. The summed E-state index contributed by atoms with van der Waals surface area (Å²) in [6.45, 7) is 10.8. The highest BCUT2D eigenvalue weighted by Gasteiger charge is 2.24. The number of likely N-dealkylation sites (tertiary alicyclic amines) is 1. The molecule has 2 aliphatic heterocycles. The van der Waals surface area contributed by atoms with Crippen molar-refractivity contribution in [3.05, 3.63) is 29.1 Å². The number of urea groups is 1. The molecule has 8 heteroatoms. The number of hydrogen-bond acceptors (Lipinski definition) is 6. The van der Waals surface area contributed by atoms with Crippen LogP contribution in [0.25, 0.3) is 11.3 Å². The Morgan fingerprint density at radius 2 is 1.74 bits per heavy atom. The molecule has 35 heavy (non-hydrogen) atoms. The molecule has 7 nitrogen and oxygen atoms in total. The zero-order valence-corrected chi connectivity index (χ0v) is 21.8.